The Morgan fingerprint density at radius 3 is 2.80 bits per heavy atom. The number of hydrogen-bond acceptors (Lipinski definition) is 2. The minimum atomic E-state index is -0.642. The largest absolute Gasteiger partial charge is 0.293 e. The van der Waals surface area contributed by atoms with Gasteiger partial charge in [-0.15, -0.1) is 11.6 Å². The van der Waals surface area contributed by atoms with Gasteiger partial charge in [-0.3, -0.25) is 9.55 Å². The Morgan fingerprint density at radius 2 is 2.05 bits per heavy atom. The molecule has 0 radical (unpaired) electrons. The Labute approximate surface area is 118 Å². The van der Waals surface area contributed by atoms with Crippen LogP contribution < -0.4 is 0 Å². The Morgan fingerprint density at radius 1 is 1.20 bits per heavy atom. The van der Waals surface area contributed by atoms with Crippen molar-refractivity contribution >= 4 is 22.6 Å². The molecule has 0 aliphatic carbocycles. The SMILES string of the molecule is Fc1ccc(-n2c(CCCl)nc3cnccc32)c(F)c1. The van der Waals surface area contributed by atoms with Crippen LogP contribution in [0.3, 0.4) is 0 Å². The first-order valence-electron chi connectivity index (χ1n) is 6.03. The van der Waals surface area contributed by atoms with Crippen molar-refractivity contribution in [3.05, 3.63) is 54.1 Å². The van der Waals surface area contributed by atoms with E-state index >= 15 is 0 Å². The van der Waals surface area contributed by atoms with Gasteiger partial charge in [-0.2, -0.15) is 0 Å². The molecule has 0 bridgehead atoms. The van der Waals surface area contributed by atoms with Crippen molar-refractivity contribution in [3.8, 4) is 5.69 Å². The molecule has 20 heavy (non-hydrogen) atoms. The monoisotopic (exact) mass is 293 g/mol. The lowest BCUT2D eigenvalue weighted by Crippen LogP contribution is -2.04. The minimum Gasteiger partial charge on any atom is -0.293 e. The number of rotatable bonds is 3. The van der Waals surface area contributed by atoms with Gasteiger partial charge < -0.3 is 0 Å². The molecule has 3 aromatic rings. The second-order valence-corrected chi connectivity index (χ2v) is 4.64. The van der Waals surface area contributed by atoms with Gasteiger partial charge in [0.1, 0.15) is 23.0 Å². The van der Waals surface area contributed by atoms with Crippen molar-refractivity contribution in [2.45, 2.75) is 6.42 Å². The van der Waals surface area contributed by atoms with Crippen LogP contribution in [0.15, 0.2) is 36.7 Å². The Hall–Kier alpha value is -2.01. The summed E-state index contributed by atoms with van der Waals surface area (Å²) < 4.78 is 28.7. The lowest BCUT2D eigenvalue weighted by Gasteiger charge is -2.09. The van der Waals surface area contributed by atoms with Crippen LogP contribution in [0, 0.1) is 11.6 Å². The number of aromatic nitrogens is 3. The molecule has 0 saturated carbocycles. The van der Waals surface area contributed by atoms with Gasteiger partial charge in [0.25, 0.3) is 0 Å². The highest BCUT2D eigenvalue weighted by molar-refractivity contribution is 6.17. The third-order valence-corrected chi connectivity index (χ3v) is 3.18. The van der Waals surface area contributed by atoms with E-state index in [-0.39, 0.29) is 5.69 Å². The number of alkyl halides is 1. The number of hydrogen-bond donors (Lipinski definition) is 0. The molecule has 0 aliphatic rings. The van der Waals surface area contributed by atoms with E-state index in [1.807, 2.05) is 0 Å². The van der Waals surface area contributed by atoms with Gasteiger partial charge in [-0.05, 0) is 18.2 Å². The van der Waals surface area contributed by atoms with Crippen molar-refractivity contribution in [3.63, 3.8) is 0 Å². The van der Waals surface area contributed by atoms with Crippen LogP contribution in [0.1, 0.15) is 5.82 Å². The Balaban J connectivity index is 2.30. The minimum absolute atomic E-state index is 0.250. The quantitative estimate of drug-likeness (QED) is 0.692. The maximum Gasteiger partial charge on any atom is 0.150 e. The fourth-order valence-corrected chi connectivity index (χ4v) is 2.33. The predicted octanol–water partition coefficient (Wildman–Crippen LogP) is 3.48. The van der Waals surface area contributed by atoms with E-state index in [1.165, 1.54) is 12.1 Å². The zero-order valence-corrected chi connectivity index (χ0v) is 11.1. The molecular weight excluding hydrogens is 284 g/mol. The highest BCUT2D eigenvalue weighted by Crippen LogP contribution is 2.24. The van der Waals surface area contributed by atoms with E-state index in [2.05, 4.69) is 9.97 Å². The molecular formula is C14H10ClF2N3. The molecule has 102 valence electrons. The zero-order chi connectivity index (χ0) is 14.1. The zero-order valence-electron chi connectivity index (χ0n) is 10.4. The maximum atomic E-state index is 14.0. The van der Waals surface area contributed by atoms with Crippen molar-refractivity contribution in [1.29, 1.82) is 0 Å². The average molecular weight is 294 g/mol. The summed E-state index contributed by atoms with van der Waals surface area (Å²) in [6, 6.07) is 5.20. The lowest BCUT2D eigenvalue weighted by molar-refractivity contribution is 0.577. The molecule has 3 nitrogen and oxygen atoms in total. The fourth-order valence-electron chi connectivity index (χ4n) is 2.17. The number of benzene rings is 1. The fraction of sp³-hybridized carbons (Fsp3) is 0.143. The number of aryl methyl sites for hydroxylation is 1. The Bertz CT molecular complexity index is 770. The molecule has 0 saturated heterocycles. The van der Waals surface area contributed by atoms with Gasteiger partial charge in [-0.1, -0.05) is 0 Å². The highest BCUT2D eigenvalue weighted by atomic mass is 35.5. The number of nitrogens with zero attached hydrogens (tertiary/aromatic N) is 3. The van der Waals surface area contributed by atoms with E-state index in [4.69, 9.17) is 11.6 Å². The first kappa shape index (κ1) is 13.0. The third-order valence-electron chi connectivity index (χ3n) is 2.99. The molecule has 6 heteroatoms. The maximum absolute atomic E-state index is 14.0. The summed E-state index contributed by atoms with van der Waals surface area (Å²) in [7, 11) is 0. The molecule has 0 aliphatic heterocycles. The number of halogens is 3. The van der Waals surface area contributed by atoms with Crippen LogP contribution in [0.5, 0.6) is 0 Å². The van der Waals surface area contributed by atoms with Crippen LogP contribution in [0.4, 0.5) is 8.78 Å². The molecule has 1 aromatic carbocycles. The topological polar surface area (TPSA) is 30.7 Å². The van der Waals surface area contributed by atoms with Gasteiger partial charge in [-0.25, -0.2) is 13.8 Å². The van der Waals surface area contributed by atoms with Crippen molar-refractivity contribution < 1.29 is 8.78 Å². The summed E-state index contributed by atoms with van der Waals surface area (Å²) in [5.74, 6) is -0.277. The van der Waals surface area contributed by atoms with Gasteiger partial charge in [0.05, 0.1) is 17.4 Å². The molecule has 0 spiro atoms. The van der Waals surface area contributed by atoms with Crippen LogP contribution in [-0.4, -0.2) is 20.4 Å². The van der Waals surface area contributed by atoms with Crippen molar-refractivity contribution in [2.75, 3.05) is 5.88 Å². The summed E-state index contributed by atoms with van der Waals surface area (Å²) in [4.78, 5) is 8.39. The molecule has 0 N–H and O–H groups in total. The van der Waals surface area contributed by atoms with Crippen molar-refractivity contribution in [2.24, 2.45) is 0 Å². The first-order valence-corrected chi connectivity index (χ1v) is 6.57. The third kappa shape index (κ3) is 2.14. The van der Waals surface area contributed by atoms with Gasteiger partial charge in [0.15, 0.2) is 0 Å². The summed E-state index contributed by atoms with van der Waals surface area (Å²) in [6.45, 7) is 0. The number of pyridine rings is 1. The van der Waals surface area contributed by atoms with Gasteiger partial charge >= 0.3 is 0 Å². The van der Waals surface area contributed by atoms with E-state index in [0.29, 0.717) is 29.2 Å². The number of fused-ring (bicyclic) bond motifs is 1. The summed E-state index contributed by atoms with van der Waals surface area (Å²) in [6.07, 6.45) is 3.68. The smallest absolute Gasteiger partial charge is 0.150 e. The van der Waals surface area contributed by atoms with Gasteiger partial charge in [0, 0.05) is 24.6 Å². The number of imidazole rings is 1. The average Bonchev–Trinajstić information content (AvgIpc) is 2.78. The van der Waals surface area contributed by atoms with Gasteiger partial charge in [0.2, 0.25) is 0 Å². The Kier molecular flexibility index (Phi) is 3.36. The molecule has 0 unspecified atom stereocenters. The van der Waals surface area contributed by atoms with Crippen LogP contribution >= 0.6 is 11.6 Å². The van der Waals surface area contributed by atoms with Crippen molar-refractivity contribution in [1.82, 2.24) is 14.5 Å². The van der Waals surface area contributed by atoms with E-state index in [9.17, 15) is 8.78 Å². The molecule has 2 aromatic heterocycles. The molecule has 2 heterocycles. The summed E-state index contributed by atoms with van der Waals surface area (Å²) >= 11 is 5.77. The van der Waals surface area contributed by atoms with Crippen LogP contribution in [-0.2, 0) is 6.42 Å². The van der Waals surface area contributed by atoms with Crippen LogP contribution in [0.2, 0.25) is 0 Å². The first-order chi connectivity index (χ1) is 9.70. The molecule has 0 amide bonds. The van der Waals surface area contributed by atoms with E-state index in [0.717, 1.165) is 6.07 Å². The van der Waals surface area contributed by atoms with Crippen LogP contribution in [0.25, 0.3) is 16.7 Å². The molecule has 0 fully saturated rings. The normalized spacial score (nSPS) is 11.2. The highest BCUT2D eigenvalue weighted by Gasteiger charge is 2.15. The van der Waals surface area contributed by atoms with E-state index in [1.54, 1.807) is 23.0 Å². The predicted molar refractivity (Wildman–Crippen MR) is 73.2 cm³/mol. The van der Waals surface area contributed by atoms with E-state index < -0.39 is 11.6 Å². The standard InChI is InChI=1S/C14H10ClF2N3/c15-5-3-14-19-11-8-18-6-4-13(11)20(14)12-2-1-9(16)7-10(12)17/h1-2,4,6-8H,3,5H2. The lowest BCUT2D eigenvalue weighted by atomic mass is 10.2. The second kappa shape index (κ2) is 5.17. The molecule has 3 rings (SSSR count). The summed E-state index contributed by atoms with van der Waals surface area (Å²) in [5, 5.41) is 0. The molecule has 0 atom stereocenters. The summed E-state index contributed by atoms with van der Waals surface area (Å²) in [5.41, 5.74) is 1.61. The second-order valence-electron chi connectivity index (χ2n) is 4.26.